The molecule has 4 rings (SSSR count). The molecule has 0 N–H and O–H groups in total. The lowest BCUT2D eigenvalue weighted by Crippen LogP contribution is -2.40. The summed E-state index contributed by atoms with van der Waals surface area (Å²) in [4.78, 5) is 14.7. The number of piperidine rings is 1. The average Bonchev–Trinajstić information content (AvgIpc) is 3.09. The Bertz CT molecular complexity index is 711. The highest BCUT2D eigenvalue weighted by Crippen LogP contribution is 2.28. The highest BCUT2D eigenvalue weighted by molar-refractivity contribution is 5.17. The van der Waals surface area contributed by atoms with Crippen molar-refractivity contribution >= 4 is 0 Å². The van der Waals surface area contributed by atoms with E-state index in [2.05, 4.69) is 15.1 Å². The molecular formula is C18H25N5O. The molecule has 0 aromatic carbocycles. The fraction of sp³-hybridized carbons (Fsp3) is 0.611. The summed E-state index contributed by atoms with van der Waals surface area (Å²) in [5.74, 6) is 2.18. The van der Waals surface area contributed by atoms with Crippen molar-refractivity contribution in [3.63, 3.8) is 0 Å². The number of hydrogen-bond acceptors (Lipinski definition) is 4. The van der Waals surface area contributed by atoms with Crippen LogP contribution in [0.1, 0.15) is 32.1 Å². The van der Waals surface area contributed by atoms with Gasteiger partial charge in [-0.15, -0.1) is 5.10 Å². The van der Waals surface area contributed by atoms with Gasteiger partial charge < -0.3 is 4.90 Å². The second-order valence-corrected chi connectivity index (χ2v) is 7.20. The number of aromatic nitrogens is 4. The van der Waals surface area contributed by atoms with E-state index in [0.717, 1.165) is 31.8 Å². The van der Waals surface area contributed by atoms with Crippen LogP contribution in [0, 0.1) is 11.8 Å². The van der Waals surface area contributed by atoms with Crippen LogP contribution in [0.5, 0.6) is 0 Å². The second kappa shape index (κ2) is 6.89. The molecule has 1 saturated heterocycles. The maximum atomic E-state index is 12.1. The second-order valence-electron chi connectivity index (χ2n) is 7.20. The molecule has 0 radical (unpaired) electrons. The van der Waals surface area contributed by atoms with Gasteiger partial charge in [0, 0.05) is 31.5 Å². The molecule has 0 atom stereocenters. The van der Waals surface area contributed by atoms with E-state index < -0.39 is 0 Å². The van der Waals surface area contributed by atoms with Crippen LogP contribution < -0.4 is 5.56 Å². The van der Waals surface area contributed by atoms with Gasteiger partial charge in [-0.25, -0.2) is 9.36 Å². The van der Waals surface area contributed by atoms with Gasteiger partial charge in [-0.3, -0.25) is 4.79 Å². The quantitative estimate of drug-likeness (QED) is 0.842. The first-order valence-electron chi connectivity index (χ1n) is 9.08. The standard InChI is InChI=1S/C18H25N5O/c24-18-6-5-17(22-10-2-9-19-22)20-23(18)14-16-7-11-21(12-8-16)13-15-3-1-4-15/h2,5-6,9-10,15-16H,1,3-4,7-8,11-14H2. The Morgan fingerprint density at radius 3 is 2.50 bits per heavy atom. The summed E-state index contributed by atoms with van der Waals surface area (Å²) in [5.41, 5.74) is -0.0252. The molecular weight excluding hydrogens is 302 g/mol. The van der Waals surface area contributed by atoms with E-state index in [4.69, 9.17) is 0 Å². The van der Waals surface area contributed by atoms with Gasteiger partial charge in [0.15, 0.2) is 5.82 Å². The molecule has 1 aliphatic heterocycles. The maximum Gasteiger partial charge on any atom is 0.266 e. The van der Waals surface area contributed by atoms with Gasteiger partial charge in [-0.05, 0) is 62.7 Å². The SMILES string of the molecule is O=c1ccc(-n2cccn2)nn1CC1CCN(CC2CCC2)CC1. The highest BCUT2D eigenvalue weighted by Gasteiger charge is 2.25. The Hall–Kier alpha value is -1.95. The first-order chi connectivity index (χ1) is 11.8. The van der Waals surface area contributed by atoms with E-state index in [1.807, 2.05) is 12.3 Å². The molecule has 24 heavy (non-hydrogen) atoms. The third-order valence-corrected chi connectivity index (χ3v) is 5.47. The van der Waals surface area contributed by atoms with Crippen molar-refractivity contribution in [3.05, 3.63) is 40.9 Å². The Morgan fingerprint density at radius 2 is 1.83 bits per heavy atom. The van der Waals surface area contributed by atoms with Gasteiger partial charge >= 0.3 is 0 Å². The predicted molar refractivity (Wildman–Crippen MR) is 92.1 cm³/mol. The van der Waals surface area contributed by atoms with Crippen LogP contribution in [0.4, 0.5) is 0 Å². The molecule has 2 aromatic rings. The lowest BCUT2D eigenvalue weighted by molar-refractivity contribution is 0.124. The van der Waals surface area contributed by atoms with Gasteiger partial charge in [0.05, 0.1) is 0 Å². The minimum Gasteiger partial charge on any atom is -0.303 e. The molecule has 2 fully saturated rings. The minimum absolute atomic E-state index is 0.0252. The fourth-order valence-corrected chi connectivity index (χ4v) is 3.73. The van der Waals surface area contributed by atoms with Crippen molar-refractivity contribution < 1.29 is 0 Å². The number of likely N-dealkylation sites (tertiary alicyclic amines) is 1. The summed E-state index contributed by atoms with van der Waals surface area (Å²) in [6.45, 7) is 4.31. The molecule has 0 bridgehead atoms. The van der Waals surface area contributed by atoms with Gasteiger partial charge in [0.25, 0.3) is 5.56 Å². The van der Waals surface area contributed by atoms with Crippen LogP contribution in [-0.4, -0.2) is 44.1 Å². The first kappa shape index (κ1) is 15.6. The molecule has 0 amide bonds. The van der Waals surface area contributed by atoms with Crippen LogP contribution in [0.15, 0.2) is 35.4 Å². The van der Waals surface area contributed by atoms with E-state index >= 15 is 0 Å². The first-order valence-corrected chi connectivity index (χ1v) is 9.08. The topological polar surface area (TPSA) is 56.0 Å². The lowest BCUT2D eigenvalue weighted by atomic mass is 9.84. The predicted octanol–water partition coefficient (Wildman–Crippen LogP) is 1.94. The summed E-state index contributed by atoms with van der Waals surface area (Å²) in [6, 6.07) is 5.18. The van der Waals surface area contributed by atoms with Crippen molar-refractivity contribution in [1.29, 1.82) is 0 Å². The number of rotatable bonds is 5. The van der Waals surface area contributed by atoms with E-state index in [1.54, 1.807) is 27.7 Å². The molecule has 3 heterocycles. The van der Waals surface area contributed by atoms with E-state index in [0.29, 0.717) is 18.3 Å². The normalized spacial score (nSPS) is 20.2. The highest BCUT2D eigenvalue weighted by atomic mass is 16.1. The van der Waals surface area contributed by atoms with Gasteiger partial charge in [-0.1, -0.05) is 6.42 Å². The largest absolute Gasteiger partial charge is 0.303 e. The zero-order chi connectivity index (χ0) is 16.4. The monoisotopic (exact) mass is 327 g/mol. The van der Waals surface area contributed by atoms with Crippen LogP contribution in [0.2, 0.25) is 0 Å². The molecule has 2 aliphatic rings. The van der Waals surface area contributed by atoms with Crippen molar-refractivity contribution in [2.45, 2.75) is 38.6 Å². The molecule has 0 spiro atoms. The minimum atomic E-state index is -0.0252. The maximum absolute atomic E-state index is 12.1. The van der Waals surface area contributed by atoms with Crippen LogP contribution in [-0.2, 0) is 6.54 Å². The van der Waals surface area contributed by atoms with Gasteiger partial charge in [0.2, 0.25) is 0 Å². The summed E-state index contributed by atoms with van der Waals surface area (Å²) in [7, 11) is 0. The zero-order valence-corrected chi connectivity index (χ0v) is 14.0. The molecule has 2 aromatic heterocycles. The van der Waals surface area contributed by atoms with Crippen molar-refractivity contribution in [1.82, 2.24) is 24.5 Å². The summed E-state index contributed by atoms with van der Waals surface area (Å²) in [5, 5.41) is 8.68. The smallest absolute Gasteiger partial charge is 0.266 e. The fourth-order valence-electron chi connectivity index (χ4n) is 3.73. The van der Waals surface area contributed by atoms with Crippen molar-refractivity contribution in [2.24, 2.45) is 11.8 Å². The molecule has 0 unspecified atom stereocenters. The Morgan fingerprint density at radius 1 is 1.04 bits per heavy atom. The molecule has 6 nitrogen and oxygen atoms in total. The lowest BCUT2D eigenvalue weighted by Gasteiger charge is -2.36. The summed E-state index contributed by atoms with van der Waals surface area (Å²) < 4.78 is 3.31. The Balaban J connectivity index is 1.37. The Kier molecular flexibility index (Phi) is 4.47. The Labute approximate surface area is 142 Å². The third-order valence-electron chi connectivity index (χ3n) is 5.47. The third kappa shape index (κ3) is 3.43. The van der Waals surface area contributed by atoms with Gasteiger partial charge in [-0.2, -0.15) is 5.10 Å². The van der Waals surface area contributed by atoms with Gasteiger partial charge in [0.1, 0.15) is 0 Å². The van der Waals surface area contributed by atoms with E-state index in [-0.39, 0.29) is 5.56 Å². The molecule has 1 aliphatic carbocycles. The van der Waals surface area contributed by atoms with Crippen LogP contribution >= 0.6 is 0 Å². The number of hydrogen-bond donors (Lipinski definition) is 0. The number of nitrogens with zero attached hydrogens (tertiary/aromatic N) is 5. The van der Waals surface area contributed by atoms with E-state index in [9.17, 15) is 4.79 Å². The van der Waals surface area contributed by atoms with Crippen LogP contribution in [0.3, 0.4) is 0 Å². The van der Waals surface area contributed by atoms with E-state index in [1.165, 1.54) is 25.8 Å². The van der Waals surface area contributed by atoms with Crippen molar-refractivity contribution in [3.8, 4) is 5.82 Å². The zero-order valence-electron chi connectivity index (χ0n) is 14.0. The van der Waals surface area contributed by atoms with Crippen LogP contribution in [0.25, 0.3) is 5.82 Å². The summed E-state index contributed by atoms with van der Waals surface area (Å²) in [6.07, 6.45) is 10.1. The summed E-state index contributed by atoms with van der Waals surface area (Å²) >= 11 is 0. The molecule has 1 saturated carbocycles. The molecule has 128 valence electrons. The van der Waals surface area contributed by atoms with Crippen molar-refractivity contribution in [2.75, 3.05) is 19.6 Å². The average molecular weight is 327 g/mol. The molecule has 6 heteroatoms.